The molecule has 0 saturated carbocycles. The van der Waals surface area contributed by atoms with Crippen LogP contribution in [0.5, 0.6) is 0 Å². The fourth-order valence-corrected chi connectivity index (χ4v) is 3.92. The lowest BCUT2D eigenvalue weighted by molar-refractivity contribution is 0.569. The predicted octanol–water partition coefficient (Wildman–Crippen LogP) is 4.73. The predicted molar refractivity (Wildman–Crippen MR) is 86.8 cm³/mol. The molecule has 7 heteroatoms. The van der Waals surface area contributed by atoms with E-state index in [0.29, 0.717) is 18.1 Å². The second-order valence-corrected chi connectivity index (χ2v) is 6.92. The van der Waals surface area contributed by atoms with Crippen LogP contribution in [-0.2, 0) is 12.3 Å². The fourth-order valence-electron chi connectivity index (χ4n) is 1.84. The third kappa shape index (κ3) is 3.23. The molecule has 108 valence electrons. The molecule has 0 fully saturated rings. The molecule has 0 aliphatic carbocycles. The number of aromatic nitrogens is 3. The molecule has 0 bridgehead atoms. The summed E-state index contributed by atoms with van der Waals surface area (Å²) in [5, 5.41) is 9.31. The van der Waals surface area contributed by atoms with Gasteiger partial charge in [-0.3, -0.25) is 4.57 Å². The highest BCUT2D eigenvalue weighted by Crippen LogP contribution is 2.30. The molecular formula is C14H12ClN3OS2. The van der Waals surface area contributed by atoms with Crippen LogP contribution < -0.4 is 0 Å². The first-order chi connectivity index (χ1) is 10.3. The van der Waals surface area contributed by atoms with Crippen molar-refractivity contribution in [2.75, 3.05) is 0 Å². The number of hydrogen-bond donors (Lipinski definition) is 0. The average Bonchev–Trinajstić information content (AvgIpc) is 3.18. The lowest BCUT2D eigenvalue weighted by Gasteiger charge is -2.05. The molecule has 3 aromatic heterocycles. The Balaban J connectivity index is 1.83. The summed E-state index contributed by atoms with van der Waals surface area (Å²) in [5.74, 6) is 2.23. The molecule has 3 aromatic rings. The summed E-state index contributed by atoms with van der Waals surface area (Å²) in [7, 11) is 0. The fraction of sp³-hybridized carbons (Fsp3) is 0.143. The number of thioether (sulfide) groups is 1. The maximum absolute atomic E-state index is 5.95. The lowest BCUT2D eigenvalue weighted by Crippen LogP contribution is -2.00. The van der Waals surface area contributed by atoms with Gasteiger partial charge in [-0.25, -0.2) is 0 Å². The molecule has 0 N–H and O–H groups in total. The summed E-state index contributed by atoms with van der Waals surface area (Å²) in [6, 6.07) is 7.65. The van der Waals surface area contributed by atoms with Gasteiger partial charge in [-0.1, -0.05) is 29.4 Å². The standard InChI is InChI=1S/C14H12ClN3OS2/c1-2-7-18-13(11-4-3-8-19-11)16-17-14(18)20-9-10-5-6-12(15)21-10/h2-6,8H,1,7,9H2. The van der Waals surface area contributed by atoms with E-state index in [-0.39, 0.29) is 0 Å². The first-order valence-electron chi connectivity index (χ1n) is 6.23. The second-order valence-electron chi connectivity index (χ2n) is 4.18. The van der Waals surface area contributed by atoms with Crippen LogP contribution in [0.25, 0.3) is 11.6 Å². The van der Waals surface area contributed by atoms with E-state index in [9.17, 15) is 0 Å². The highest BCUT2D eigenvalue weighted by molar-refractivity contribution is 7.98. The monoisotopic (exact) mass is 337 g/mol. The summed E-state index contributed by atoms with van der Waals surface area (Å²) in [6.45, 7) is 4.42. The highest BCUT2D eigenvalue weighted by atomic mass is 35.5. The molecule has 3 heterocycles. The van der Waals surface area contributed by atoms with Gasteiger partial charge < -0.3 is 4.42 Å². The summed E-state index contributed by atoms with van der Waals surface area (Å²) in [4.78, 5) is 1.21. The number of hydrogen-bond acceptors (Lipinski definition) is 5. The summed E-state index contributed by atoms with van der Waals surface area (Å²) >= 11 is 9.15. The van der Waals surface area contributed by atoms with E-state index in [4.69, 9.17) is 16.0 Å². The highest BCUT2D eigenvalue weighted by Gasteiger charge is 2.15. The SMILES string of the molecule is C=CCn1c(SCc2ccc(Cl)s2)nnc1-c1ccco1. The molecule has 0 aliphatic rings. The largest absolute Gasteiger partial charge is 0.461 e. The van der Waals surface area contributed by atoms with Crippen molar-refractivity contribution in [1.82, 2.24) is 14.8 Å². The summed E-state index contributed by atoms with van der Waals surface area (Å²) in [5.41, 5.74) is 0. The van der Waals surface area contributed by atoms with Gasteiger partial charge in [0.05, 0.1) is 10.6 Å². The van der Waals surface area contributed by atoms with Crippen molar-refractivity contribution in [2.45, 2.75) is 17.5 Å². The normalized spacial score (nSPS) is 10.9. The minimum Gasteiger partial charge on any atom is -0.461 e. The molecule has 0 spiro atoms. The quantitative estimate of drug-likeness (QED) is 0.481. The van der Waals surface area contributed by atoms with Crippen LogP contribution >= 0.6 is 34.7 Å². The Morgan fingerprint density at radius 1 is 1.38 bits per heavy atom. The topological polar surface area (TPSA) is 43.9 Å². The van der Waals surface area contributed by atoms with Crippen molar-refractivity contribution in [3.05, 3.63) is 52.4 Å². The molecule has 0 saturated heterocycles. The molecule has 0 amide bonds. The molecule has 0 radical (unpaired) electrons. The van der Waals surface area contributed by atoms with Crippen LogP contribution in [0.15, 0.2) is 52.8 Å². The molecule has 3 rings (SSSR count). The maximum Gasteiger partial charge on any atom is 0.200 e. The van der Waals surface area contributed by atoms with Crippen molar-refractivity contribution >= 4 is 34.7 Å². The van der Waals surface area contributed by atoms with E-state index in [0.717, 1.165) is 15.2 Å². The van der Waals surface area contributed by atoms with Crippen molar-refractivity contribution in [1.29, 1.82) is 0 Å². The minimum absolute atomic E-state index is 0.635. The van der Waals surface area contributed by atoms with Gasteiger partial charge in [0.25, 0.3) is 0 Å². The number of halogens is 1. The van der Waals surface area contributed by atoms with E-state index in [1.807, 2.05) is 34.9 Å². The van der Waals surface area contributed by atoms with E-state index in [1.165, 1.54) is 4.88 Å². The van der Waals surface area contributed by atoms with Crippen LogP contribution in [0.1, 0.15) is 4.88 Å². The van der Waals surface area contributed by atoms with E-state index < -0.39 is 0 Å². The van der Waals surface area contributed by atoms with Gasteiger partial charge in [-0.15, -0.1) is 28.1 Å². The van der Waals surface area contributed by atoms with E-state index in [1.54, 1.807) is 29.4 Å². The Morgan fingerprint density at radius 3 is 2.95 bits per heavy atom. The van der Waals surface area contributed by atoms with Crippen LogP contribution in [0, 0.1) is 0 Å². The summed E-state index contributed by atoms with van der Waals surface area (Å²) in [6.07, 6.45) is 3.45. The van der Waals surface area contributed by atoms with Crippen LogP contribution in [0.4, 0.5) is 0 Å². The number of rotatable bonds is 6. The Labute approximate surface area is 135 Å². The lowest BCUT2D eigenvalue weighted by atomic mass is 10.4. The Hall–Kier alpha value is -1.50. The molecule has 4 nitrogen and oxygen atoms in total. The maximum atomic E-state index is 5.95. The van der Waals surface area contributed by atoms with Gasteiger partial charge >= 0.3 is 0 Å². The zero-order valence-corrected chi connectivity index (χ0v) is 13.4. The second kappa shape index (κ2) is 6.51. The smallest absolute Gasteiger partial charge is 0.200 e. The van der Waals surface area contributed by atoms with Crippen molar-refractivity contribution < 1.29 is 4.42 Å². The zero-order valence-electron chi connectivity index (χ0n) is 11.0. The van der Waals surface area contributed by atoms with Crippen molar-refractivity contribution in [3.63, 3.8) is 0 Å². The number of thiophene rings is 1. The number of nitrogens with zero attached hydrogens (tertiary/aromatic N) is 3. The van der Waals surface area contributed by atoms with Crippen LogP contribution in [-0.4, -0.2) is 14.8 Å². The molecule has 0 unspecified atom stereocenters. The zero-order chi connectivity index (χ0) is 14.7. The van der Waals surface area contributed by atoms with Gasteiger partial charge in [0, 0.05) is 17.2 Å². The van der Waals surface area contributed by atoms with Gasteiger partial charge in [0.1, 0.15) is 0 Å². The van der Waals surface area contributed by atoms with Crippen molar-refractivity contribution in [3.8, 4) is 11.6 Å². The molecular weight excluding hydrogens is 326 g/mol. The Bertz CT molecular complexity index is 733. The average molecular weight is 338 g/mol. The molecule has 0 aromatic carbocycles. The third-order valence-corrected chi connectivity index (χ3v) is 5.17. The van der Waals surface area contributed by atoms with Crippen molar-refractivity contribution in [2.24, 2.45) is 0 Å². The third-order valence-electron chi connectivity index (χ3n) is 2.74. The Morgan fingerprint density at radius 2 is 2.29 bits per heavy atom. The molecule has 0 atom stereocenters. The van der Waals surface area contributed by atoms with Gasteiger partial charge in [-0.05, 0) is 24.3 Å². The molecule has 0 aliphatic heterocycles. The number of allylic oxidation sites excluding steroid dienone is 1. The Kier molecular flexibility index (Phi) is 4.48. The van der Waals surface area contributed by atoms with Crippen LogP contribution in [0.3, 0.4) is 0 Å². The molecule has 21 heavy (non-hydrogen) atoms. The summed E-state index contributed by atoms with van der Waals surface area (Å²) < 4.78 is 8.20. The van der Waals surface area contributed by atoms with Gasteiger partial charge in [0.2, 0.25) is 5.82 Å². The number of furan rings is 1. The minimum atomic E-state index is 0.635. The van der Waals surface area contributed by atoms with Gasteiger partial charge in [0.15, 0.2) is 10.9 Å². The van der Waals surface area contributed by atoms with E-state index in [2.05, 4.69) is 16.8 Å². The first-order valence-corrected chi connectivity index (χ1v) is 8.41. The van der Waals surface area contributed by atoms with E-state index >= 15 is 0 Å². The van der Waals surface area contributed by atoms with Gasteiger partial charge in [-0.2, -0.15) is 0 Å². The van der Waals surface area contributed by atoms with Crippen LogP contribution in [0.2, 0.25) is 4.34 Å². The first kappa shape index (κ1) is 14.4.